The molecule has 8 heavy (non-hydrogen) atoms. The first-order chi connectivity index (χ1) is 3.55. The highest BCUT2D eigenvalue weighted by Gasteiger charge is 2.16. The summed E-state index contributed by atoms with van der Waals surface area (Å²) in [6.45, 7) is 0. The molecule has 1 atom stereocenters. The maximum Gasteiger partial charge on any atom is 0.353 e. The Balaban J connectivity index is 3.64. The molecule has 0 aliphatic rings. The van der Waals surface area contributed by atoms with Gasteiger partial charge >= 0.3 is 5.97 Å². The maximum absolute atomic E-state index is 12.0. The van der Waals surface area contributed by atoms with Crippen molar-refractivity contribution in [3.8, 4) is 0 Å². The number of likely N-dealkylation sites (N-methyl/N-ethyl adjacent to an activating group) is 1. The fraction of sp³-hybridized carbons (Fsp3) is 0.750. The zero-order valence-electron chi connectivity index (χ0n) is 4.76. The molecule has 0 aromatic carbocycles. The van der Waals surface area contributed by atoms with Gasteiger partial charge in [0.1, 0.15) is 0 Å². The second kappa shape index (κ2) is 2.61. The number of carboxylic acids is 1. The van der Waals surface area contributed by atoms with E-state index in [0.29, 0.717) is 0 Å². The molecule has 0 heterocycles. The van der Waals surface area contributed by atoms with E-state index in [-0.39, 0.29) is 0 Å². The summed E-state index contributed by atoms with van der Waals surface area (Å²) in [6, 6.07) is 0. The molecule has 0 aromatic heterocycles. The molecule has 0 bridgehead atoms. The van der Waals surface area contributed by atoms with E-state index in [1.54, 1.807) is 0 Å². The Morgan fingerprint density at radius 1 is 1.75 bits per heavy atom. The van der Waals surface area contributed by atoms with Gasteiger partial charge in [0.05, 0.1) is 0 Å². The van der Waals surface area contributed by atoms with Crippen molar-refractivity contribution in [2.45, 2.75) is 6.30 Å². The molecule has 3 nitrogen and oxygen atoms in total. The van der Waals surface area contributed by atoms with Crippen molar-refractivity contribution in [3.05, 3.63) is 0 Å². The van der Waals surface area contributed by atoms with Crippen LogP contribution in [0.3, 0.4) is 0 Å². The van der Waals surface area contributed by atoms with E-state index in [0.717, 1.165) is 4.90 Å². The number of rotatable bonds is 2. The van der Waals surface area contributed by atoms with Crippen LogP contribution in [0.5, 0.6) is 0 Å². The first-order valence-corrected chi connectivity index (χ1v) is 2.09. The van der Waals surface area contributed by atoms with Crippen LogP contribution in [0, 0.1) is 0 Å². The Morgan fingerprint density at radius 3 is 2.12 bits per heavy atom. The van der Waals surface area contributed by atoms with Gasteiger partial charge in [-0.1, -0.05) is 0 Å². The molecule has 4 heteroatoms. The predicted octanol–water partition coefficient (Wildman–Crippen LogP) is -0.0718. The van der Waals surface area contributed by atoms with Gasteiger partial charge in [0.15, 0.2) is 0 Å². The highest BCUT2D eigenvalue weighted by molar-refractivity contribution is 5.71. The number of carboxylic acid groups (broad SMARTS) is 1. The lowest BCUT2D eigenvalue weighted by atomic mass is 10.6. The average molecular weight is 121 g/mol. The summed E-state index contributed by atoms with van der Waals surface area (Å²) >= 11 is 0. The Labute approximate surface area is 46.7 Å². The molecular weight excluding hydrogens is 113 g/mol. The van der Waals surface area contributed by atoms with Crippen molar-refractivity contribution in [1.82, 2.24) is 4.90 Å². The normalized spacial score (nSPS) is 14.0. The van der Waals surface area contributed by atoms with Crippen LogP contribution in [0.15, 0.2) is 0 Å². The highest BCUT2D eigenvalue weighted by atomic mass is 19.1. The smallest absolute Gasteiger partial charge is 0.353 e. The van der Waals surface area contributed by atoms with Gasteiger partial charge in [-0.2, -0.15) is 0 Å². The number of halogens is 1. The monoisotopic (exact) mass is 121 g/mol. The van der Waals surface area contributed by atoms with Crippen LogP contribution in [0.25, 0.3) is 0 Å². The molecule has 0 saturated carbocycles. The number of aliphatic carboxylic acids is 1. The first-order valence-electron chi connectivity index (χ1n) is 2.09. The summed E-state index contributed by atoms with van der Waals surface area (Å²) in [5.74, 6) is -1.45. The highest BCUT2D eigenvalue weighted by Crippen LogP contribution is 1.92. The largest absolute Gasteiger partial charge is 0.478 e. The summed E-state index contributed by atoms with van der Waals surface area (Å²) in [5.41, 5.74) is 0. The van der Waals surface area contributed by atoms with Crippen molar-refractivity contribution >= 4 is 5.97 Å². The summed E-state index contributed by atoms with van der Waals surface area (Å²) < 4.78 is 12.0. The molecule has 0 saturated heterocycles. The number of carbonyl (C=O) groups is 1. The molecule has 0 amide bonds. The van der Waals surface area contributed by atoms with Gasteiger partial charge in [0.25, 0.3) is 6.30 Å². The molecular formula is C4H8FNO2. The van der Waals surface area contributed by atoms with E-state index in [4.69, 9.17) is 5.11 Å². The summed E-state index contributed by atoms with van der Waals surface area (Å²) in [7, 11) is 2.72. The SMILES string of the molecule is CN(C)[C@@H](F)C(=O)O. The Bertz CT molecular complexity index is 94.0. The van der Waals surface area contributed by atoms with Crippen LogP contribution in [-0.4, -0.2) is 36.4 Å². The van der Waals surface area contributed by atoms with Gasteiger partial charge in [-0.15, -0.1) is 0 Å². The average Bonchev–Trinajstić information content (AvgIpc) is 1.64. The third-order valence-electron chi connectivity index (χ3n) is 0.657. The first kappa shape index (κ1) is 7.36. The van der Waals surface area contributed by atoms with E-state index in [9.17, 15) is 9.18 Å². The minimum atomic E-state index is -1.88. The number of hydrogen-bond acceptors (Lipinski definition) is 2. The molecule has 1 N–H and O–H groups in total. The van der Waals surface area contributed by atoms with Crippen LogP contribution in [0.2, 0.25) is 0 Å². The second-order valence-electron chi connectivity index (χ2n) is 1.64. The fourth-order valence-electron chi connectivity index (χ4n) is 0.221. The number of hydrogen-bond donors (Lipinski definition) is 1. The molecule has 0 fully saturated rings. The Hall–Kier alpha value is -0.640. The third kappa shape index (κ3) is 1.88. The topological polar surface area (TPSA) is 40.5 Å². The number of alkyl halides is 1. The minimum absolute atomic E-state index is 0.975. The second-order valence-corrected chi connectivity index (χ2v) is 1.64. The van der Waals surface area contributed by atoms with Gasteiger partial charge in [0, 0.05) is 0 Å². The zero-order valence-corrected chi connectivity index (χ0v) is 4.76. The molecule has 0 spiro atoms. The van der Waals surface area contributed by atoms with Crippen molar-refractivity contribution < 1.29 is 14.3 Å². The Morgan fingerprint density at radius 2 is 2.12 bits per heavy atom. The zero-order chi connectivity index (χ0) is 6.73. The van der Waals surface area contributed by atoms with Crippen LogP contribution < -0.4 is 0 Å². The van der Waals surface area contributed by atoms with Crippen LogP contribution in [0.1, 0.15) is 0 Å². The lowest BCUT2D eigenvalue weighted by Crippen LogP contribution is -2.30. The van der Waals surface area contributed by atoms with Crippen molar-refractivity contribution in [2.24, 2.45) is 0 Å². The molecule has 0 radical (unpaired) electrons. The summed E-state index contributed by atoms with van der Waals surface area (Å²) in [4.78, 5) is 10.7. The van der Waals surface area contributed by atoms with Crippen molar-refractivity contribution in [1.29, 1.82) is 0 Å². The van der Waals surface area contributed by atoms with E-state index >= 15 is 0 Å². The third-order valence-corrected chi connectivity index (χ3v) is 0.657. The van der Waals surface area contributed by atoms with Crippen molar-refractivity contribution in [3.63, 3.8) is 0 Å². The predicted molar refractivity (Wildman–Crippen MR) is 26.2 cm³/mol. The van der Waals surface area contributed by atoms with Crippen LogP contribution >= 0.6 is 0 Å². The lowest BCUT2D eigenvalue weighted by molar-refractivity contribution is -0.148. The summed E-state index contributed by atoms with van der Waals surface area (Å²) in [6.07, 6.45) is -1.88. The lowest BCUT2D eigenvalue weighted by Gasteiger charge is -2.09. The van der Waals surface area contributed by atoms with E-state index in [1.165, 1.54) is 14.1 Å². The van der Waals surface area contributed by atoms with E-state index in [1.807, 2.05) is 0 Å². The van der Waals surface area contributed by atoms with Crippen LogP contribution in [0.4, 0.5) is 4.39 Å². The Kier molecular flexibility index (Phi) is 2.41. The molecule has 48 valence electrons. The molecule has 0 aromatic rings. The van der Waals surface area contributed by atoms with Gasteiger partial charge in [-0.3, -0.25) is 4.90 Å². The fourth-order valence-corrected chi connectivity index (χ4v) is 0.221. The van der Waals surface area contributed by atoms with Gasteiger partial charge in [-0.25, -0.2) is 9.18 Å². The van der Waals surface area contributed by atoms with Crippen LogP contribution in [-0.2, 0) is 4.79 Å². The van der Waals surface area contributed by atoms with E-state index in [2.05, 4.69) is 0 Å². The van der Waals surface area contributed by atoms with E-state index < -0.39 is 12.3 Å². The molecule has 0 rings (SSSR count). The summed E-state index contributed by atoms with van der Waals surface area (Å²) in [5, 5.41) is 7.94. The minimum Gasteiger partial charge on any atom is -0.478 e. The maximum atomic E-state index is 12.0. The van der Waals surface area contributed by atoms with Gasteiger partial charge in [0.2, 0.25) is 0 Å². The quantitative estimate of drug-likeness (QED) is 0.520. The number of nitrogens with zero attached hydrogens (tertiary/aromatic N) is 1. The van der Waals surface area contributed by atoms with Gasteiger partial charge < -0.3 is 5.11 Å². The molecule has 0 aliphatic heterocycles. The van der Waals surface area contributed by atoms with Gasteiger partial charge in [-0.05, 0) is 14.1 Å². The standard InChI is InChI=1S/C4H8FNO2/c1-6(2)3(5)4(7)8/h3H,1-2H3,(H,7,8)/t3-/m1/s1. The molecule has 0 unspecified atom stereocenters. The van der Waals surface area contributed by atoms with Crippen molar-refractivity contribution in [2.75, 3.05) is 14.1 Å². The molecule has 0 aliphatic carbocycles.